The summed E-state index contributed by atoms with van der Waals surface area (Å²) < 4.78 is 0. The van der Waals surface area contributed by atoms with E-state index < -0.39 is 10.8 Å². The van der Waals surface area contributed by atoms with Crippen molar-refractivity contribution in [2.24, 2.45) is 0 Å². The van der Waals surface area contributed by atoms with Gasteiger partial charge in [-0.3, -0.25) is 14.9 Å². The van der Waals surface area contributed by atoms with Crippen LogP contribution in [0, 0.1) is 21.4 Å². The number of nitrogens with one attached hydrogen (secondary N) is 2. The van der Waals surface area contributed by atoms with Crippen molar-refractivity contribution < 1.29 is 9.72 Å². The summed E-state index contributed by atoms with van der Waals surface area (Å²) in [6.45, 7) is 0. The van der Waals surface area contributed by atoms with Crippen LogP contribution in [0.3, 0.4) is 0 Å². The van der Waals surface area contributed by atoms with Crippen molar-refractivity contribution in [2.45, 2.75) is 6.42 Å². The number of para-hydroxylation sites is 1. The number of nitriles is 1. The van der Waals surface area contributed by atoms with Crippen LogP contribution in [0.2, 0.25) is 0 Å². The number of amides is 1. The molecule has 2 N–H and O–H groups in total. The third kappa shape index (κ3) is 3.80. The topological polar surface area (TPSA) is 108 Å². The highest BCUT2D eigenvalue weighted by Gasteiger charge is 2.15. The molecule has 0 atom stereocenters. The average Bonchev–Trinajstić information content (AvgIpc) is 2.50. The van der Waals surface area contributed by atoms with E-state index in [1.54, 1.807) is 18.2 Å². The first kappa shape index (κ1) is 15.0. The maximum Gasteiger partial charge on any atom is 0.294 e. The quantitative estimate of drug-likeness (QED) is 0.650. The van der Waals surface area contributed by atoms with Crippen molar-refractivity contribution in [3.63, 3.8) is 0 Å². The van der Waals surface area contributed by atoms with Gasteiger partial charge >= 0.3 is 0 Å². The Kier molecular flexibility index (Phi) is 4.67. The Balaban J connectivity index is 2.26. The molecule has 0 aromatic heterocycles. The molecule has 0 aliphatic carbocycles. The second-order valence-corrected chi connectivity index (χ2v) is 4.36. The van der Waals surface area contributed by atoms with Crippen molar-refractivity contribution in [3.8, 4) is 6.07 Å². The second kappa shape index (κ2) is 6.85. The van der Waals surface area contributed by atoms with Crippen LogP contribution in [0.5, 0.6) is 0 Å². The maximum absolute atomic E-state index is 11.4. The van der Waals surface area contributed by atoms with Gasteiger partial charge in [0.2, 0.25) is 5.91 Å². The number of carbonyl (C=O) groups is 1. The van der Waals surface area contributed by atoms with Crippen LogP contribution in [0.15, 0.2) is 48.5 Å². The van der Waals surface area contributed by atoms with Crippen molar-refractivity contribution >= 4 is 28.7 Å². The standard InChI is InChI=1S/C15H12N4O3/c16-9-8-15(20)18-12-6-7-13(14(10-12)19(21)22)17-11-4-2-1-3-5-11/h1-7,10,17H,8H2,(H,18,20). The summed E-state index contributed by atoms with van der Waals surface area (Å²) in [7, 11) is 0. The molecule has 7 nitrogen and oxygen atoms in total. The summed E-state index contributed by atoms with van der Waals surface area (Å²) in [5.41, 5.74) is 1.13. The molecule has 0 saturated heterocycles. The number of nitro benzene ring substituents is 1. The lowest BCUT2D eigenvalue weighted by Crippen LogP contribution is -2.10. The molecule has 0 aliphatic heterocycles. The average molecular weight is 296 g/mol. The van der Waals surface area contributed by atoms with Crippen molar-refractivity contribution in [2.75, 3.05) is 10.6 Å². The summed E-state index contributed by atoms with van der Waals surface area (Å²) in [5, 5.41) is 25.0. The number of anilines is 3. The fraction of sp³-hybridized carbons (Fsp3) is 0.0667. The third-order valence-corrected chi connectivity index (χ3v) is 2.77. The van der Waals surface area contributed by atoms with Crippen LogP contribution in [-0.4, -0.2) is 10.8 Å². The first-order valence-corrected chi connectivity index (χ1v) is 6.37. The number of hydrogen-bond acceptors (Lipinski definition) is 5. The van der Waals surface area contributed by atoms with Crippen LogP contribution >= 0.6 is 0 Å². The molecule has 0 fully saturated rings. The first-order valence-electron chi connectivity index (χ1n) is 6.37. The molecular formula is C15H12N4O3. The van der Waals surface area contributed by atoms with Crippen LogP contribution in [0.4, 0.5) is 22.7 Å². The number of benzene rings is 2. The molecule has 0 aliphatic rings. The zero-order valence-corrected chi connectivity index (χ0v) is 11.4. The smallest absolute Gasteiger partial charge is 0.294 e. The molecule has 110 valence electrons. The lowest BCUT2D eigenvalue weighted by molar-refractivity contribution is -0.383. The fourth-order valence-electron chi connectivity index (χ4n) is 1.82. The van der Waals surface area contributed by atoms with Crippen LogP contribution in [-0.2, 0) is 4.79 Å². The number of nitrogens with zero attached hydrogens (tertiary/aromatic N) is 2. The molecule has 2 rings (SSSR count). The minimum absolute atomic E-state index is 0.168. The van der Waals surface area contributed by atoms with Crippen molar-refractivity contribution in [1.82, 2.24) is 0 Å². The highest BCUT2D eigenvalue weighted by molar-refractivity contribution is 5.93. The Morgan fingerprint density at radius 3 is 2.55 bits per heavy atom. The van der Waals surface area contributed by atoms with E-state index in [0.29, 0.717) is 11.4 Å². The third-order valence-electron chi connectivity index (χ3n) is 2.77. The highest BCUT2D eigenvalue weighted by Crippen LogP contribution is 2.30. The minimum Gasteiger partial charge on any atom is -0.350 e. The largest absolute Gasteiger partial charge is 0.350 e. The number of rotatable bonds is 5. The Hall–Kier alpha value is -3.40. The molecule has 7 heteroatoms. The van der Waals surface area contributed by atoms with Gasteiger partial charge in [0, 0.05) is 17.4 Å². The fourth-order valence-corrected chi connectivity index (χ4v) is 1.82. The predicted octanol–water partition coefficient (Wildman–Crippen LogP) is 3.19. The van der Waals surface area contributed by atoms with E-state index in [1.807, 2.05) is 18.2 Å². The minimum atomic E-state index is -0.536. The molecule has 0 bridgehead atoms. The summed E-state index contributed by atoms with van der Waals surface area (Å²) in [4.78, 5) is 22.0. The Morgan fingerprint density at radius 1 is 1.18 bits per heavy atom. The van der Waals surface area contributed by atoms with E-state index in [1.165, 1.54) is 18.2 Å². The summed E-state index contributed by atoms with van der Waals surface area (Å²) in [5.74, 6) is -0.513. The van der Waals surface area contributed by atoms with Crippen molar-refractivity contribution in [3.05, 3.63) is 58.6 Å². The molecule has 2 aromatic rings. The Morgan fingerprint density at radius 2 is 1.91 bits per heavy atom. The number of carbonyl (C=O) groups excluding carboxylic acids is 1. The van der Waals surface area contributed by atoms with Gasteiger partial charge in [0.15, 0.2) is 0 Å². The van der Waals surface area contributed by atoms with Gasteiger partial charge in [0.1, 0.15) is 12.1 Å². The number of hydrogen-bond donors (Lipinski definition) is 2. The van der Waals surface area contributed by atoms with E-state index in [4.69, 9.17) is 5.26 Å². The van der Waals surface area contributed by atoms with E-state index in [2.05, 4.69) is 10.6 Å². The predicted molar refractivity (Wildman–Crippen MR) is 81.7 cm³/mol. The second-order valence-electron chi connectivity index (χ2n) is 4.36. The molecule has 2 aromatic carbocycles. The van der Waals surface area contributed by atoms with E-state index >= 15 is 0 Å². The van der Waals surface area contributed by atoms with Crippen LogP contribution < -0.4 is 10.6 Å². The zero-order chi connectivity index (χ0) is 15.9. The van der Waals surface area contributed by atoms with Gasteiger partial charge in [0.25, 0.3) is 5.69 Å². The highest BCUT2D eigenvalue weighted by atomic mass is 16.6. The molecule has 1 amide bonds. The first-order chi connectivity index (χ1) is 10.6. The summed E-state index contributed by atoms with van der Waals surface area (Å²) in [6, 6.07) is 15.0. The van der Waals surface area contributed by atoms with Crippen LogP contribution in [0.1, 0.15) is 6.42 Å². The van der Waals surface area contributed by atoms with Gasteiger partial charge in [-0.2, -0.15) is 5.26 Å². The summed E-state index contributed by atoms with van der Waals surface area (Å²) >= 11 is 0. The maximum atomic E-state index is 11.4. The van der Waals surface area contributed by atoms with Crippen molar-refractivity contribution in [1.29, 1.82) is 5.26 Å². The SMILES string of the molecule is N#CCC(=O)Nc1ccc(Nc2ccccc2)c([N+](=O)[O-])c1. The summed E-state index contributed by atoms with van der Waals surface area (Å²) in [6.07, 6.45) is -0.308. The number of nitro groups is 1. The van der Waals surface area contributed by atoms with Gasteiger partial charge < -0.3 is 10.6 Å². The Bertz CT molecular complexity index is 738. The normalized spacial score (nSPS) is 9.59. The van der Waals surface area contributed by atoms with Gasteiger partial charge in [0.05, 0.1) is 11.0 Å². The Labute approximate surface area is 126 Å². The van der Waals surface area contributed by atoms with E-state index in [-0.39, 0.29) is 17.8 Å². The van der Waals surface area contributed by atoms with Gasteiger partial charge in [-0.15, -0.1) is 0 Å². The molecule has 0 heterocycles. The van der Waals surface area contributed by atoms with Gasteiger partial charge in [-0.25, -0.2) is 0 Å². The van der Waals surface area contributed by atoms with E-state index in [0.717, 1.165) is 0 Å². The molecule has 0 radical (unpaired) electrons. The van der Waals surface area contributed by atoms with Gasteiger partial charge in [-0.1, -0.05) is 18.2 Å². The van der Waals surface area contributed by atoms with Gasteiger partial charge in [-0.05, 0) is 24.3 Å². The van der Waals surface area contributed by atoms with E-state index in [9.17, 15) is 14.9 Å². The molecule has 22 heavy (non-hydrogen) atoms. The molecule has 0 spiro atoms. The zero-order valence-electron chi connectivity index (χ0n) is 11.4. The molecule has 0 unspecified atom stereocenters. The lowest BCUT2D eigenvalue weighted by atomic mass is 10.2. The lowest BCUT2D eigenvalue weighted by Gasteiger charge is -2.09. The molecular weight excluding hydrogens is 284 g/mol. The molecule has 0 saturated carbocycles. The van der Waals surface area contributed by atoms with Crippen LogP contribution in [0.25, 0.3) is 0 Å². The monoisotopic (exact) mass is 296 g/mol.